The molecular weight excluding hydrogens is 460 g/mol. The fourth-order valence-electron chi connectivity index (χ4n) is 4.92. The van der Waals surface area contributed by atoms with Gasteiger partial charge in [-0.25, -0.2) is 19.3 Å². The van der Waals surface area contributed by atoms with E-state index < -0.39 is 5.41 Å². The largest absolute Gasteiger partial charge is 0.324 e. The van der Waals surface area contributed by atoms with Crippen molar-refractivity contribution in [1.82, 2.24) is 29.6 Å². The Hall–Kier alpha value is -3.55. The van der Waals surface area contributed by atoms with E-state index >= 15 is 0 Å². The fourth-order valence-corrected chi connectivity index (χ4v) is 5.85. The minimum Gasteiger partial charge on any atom is -0.324 e. The lowest BCUT2D eigenvalue weighted by molar-refractivity contribution is 0.382. The molecule has 35 heavy (non-hydrogen) atoms. The molecule has 0 spiro atoms. The van der Waals surface area contributed by atoms with Gasteiger partial charge in [0.15, 0.2) is 5.65 Å². The predicted molar refractivity (Wildman–Crippen MR) is 135 cm³/mol. The monoisotopic (exact) mass is 486 g/mol. The molecule has 10 heteroatoms. The molecule has 1 aliphatic carbocycles. The van der Waals surface area contributed by atoms with Crippen LogP contribution in [0.25, 0.3) is 16.2 Å². The van der Waals surface area contributed by atoms with E-state index in [9.17, 15) is 10.1 Å². The Morgan fingerprint density at radius 2 is 2.11 bits per heavy atom. The summed E-state index contributed by atoms with van der Waals surface area (Å²) in [5.74, 6) is 0.417. The highest BCUT2D eigenvalue weighted by molar-refractivity contribution is 7.12. The van der Waals surface area contributed by atoms with Gasteiger partial charge in [0.2, 0.25) is 11.1 Å². The Bertz CT molecular complexity index is 1570. The van der Waals surface area contributed by atoms with Crippen LogP contribution < -0.4 is 16.2 Å². The quantitative estimate of drug-likeness (QED) is 0.442. The van der Waals surface area contributed by atoms with E-state index in [2.05, 4.69) is 47.7 Å². The molecular formula is C25H26N8OS. The van der Waals surface area contributed by atoms with Crippen molar-refractivity contribution in [2.75, 3.05) is 11.9 Å². The summed E-state index contributed by atoms with van der Waals surface area (Å²) in [7, 11) is 0. The van der Waals surface area contributed by atoms with Gasteiger partial charge >= 0.3 is 0 Å². The van der Waals surface area contributed by atoms with Crippen molar-refractivity contribution in [2.24, 2.45) is 0 Å². The first-order valence-corrected chi connectivity index (χ1v) is 12.7. The molecule has 4 heterocycles. The smallest absolute Gasteiger partial charge is 0.278 e. The third-order valence-electron chi connectivity index (χ3n) is 7.10. The van der Waals surface area contributed by atoms with Crippen LogP contribution >= 0.6 is 11.3 Å². The molecule has 2 aliphatic rings. The number of aromatic nitrogens is 5. The number of nitrogens with one attached hydrogen (secondary N) is 2. The second-order valence-electron chi connectivity index (χ2n) is 9.77. The van der Waals surface area contributed by atoms with Crippen molar-refractivity contribution in [3.05, 3.63) is 57.0 Å². The first kappa shape index (κ1) is 21.9. The number of nitrogens with zero attached hydrogens (tertiary/aromatic N) is 6. The maximum absolute atomic E-state index is 13.1. The highest BCUT2D eigenvalue weighted by atomic mass is 32.1. The summed E-state index contributed by atoms with van der Waals surface area (Å²) in [5, 5.41) is 19.4. The minimum absolute atomic E-state index is 0.0577. The molecule has 0 atom stereocenters. The zero-order valence-electron chi connectivity index (χ0n) is 19.9. The lowest BCUT2D eigenvalue weighted by Crippen LogP contribution is -2.42. The van der Waals surface area contributed by atoms with Gasteiger partial charge < -0.3 is 10.6 Å². The van der Waals surface area contributed by atoms with E-state index in [1.807, 2.05) is 18.4 Å². The summed E-state index contributed by atoms with van der Waals surface area (Å²) in [6.07, 6.45) is 4.19. The summed E-state index contributed by atoms with van der Waals surface area (Å²) >= 11 is 1.42. The van der Waals surface area contributed by atoms with Crippen LogP contribution in [0.4, 0.5) is 11.6 Å². The molecule has 0 amide bonds. The third kappa shape index (κ3) is 3.46. The molecule has 0 radical (unpaired) electrons. The average molecular weight is 487 g/mol. The number of hydrogen-bond donors (Lipinski definition) is 2. The lowest BCUT2D eigenvalue weighted by atomic mass is 9.85. The number of fused-ring (bicyclic) bond motifs is 2. The van der Waals surface area contributed by atoms with E-state index in [1.165, 1.54) is 22.5 Å². The number of nitriles is 1. The molecule has 6 rings (SSSR count). The van der Waals surface area contributed by atoms with Crippen LogP contribution in [-0.4, -0.2) is 30.9 Å². The second-order valence-corrected chi connectivity index (χ2v) is 10.6. The van der Waals surface area contributed by atoms with E-state index in [1.54, 1.807) is 15.6 Å². The third-order valence-corrected chi connectivity index (χ3v) is 7.91. The summed E-state index contributed by atoms with van der Waals surface area (Å²) in [5.41, 5.74) is 4.09. The summed E-state index contributed by atoms with van der Waals surface area (Å²) in [6.45, 7) is 7.70. The van der Waals surface area contributed by atoms with Crippen LogP contribution in [0.1, 0.15) is 50.4 Å². The second kappa shape index (κ2) is 7.73. The Morgan fingerprint density at radius 1 is 1.29 bits per heavy atom. The molecule has 1 fully saturated rings. The number of rotatable bonds is 5. The Kier molecular flexibility index (Phi) is 4.85. The van der Waals surface area contributed by atoms with Crippen LogP contribution in [0.15, 0.2) is 34.6 Å². The molecule has 2 N–H and O–H groups in total. The molecule has 0 saturated heterocycles. The molecule has 0 unspecified atom stereocenters. The van der Waals surface area contributed by atoms with Crippen LogP contribution in [0.3, 0.4) is 0 Å². The van der Waals surface area contributed by atoms with E-state index in [4.69, 9.17) is 9.97 Å². The van der Waals surface area contributed by atoms with Gasteiger partial charge in [0.1, 0.15) is 10.8 Å². The normalized spacial score (nSPS) is 17.7. The Labute approximate surface area is 206 Å². The molecule has 4 aromatic rings. The Balaban J connectivity index is 1.41. The zero-order valence-corrected chi connectivity index (χ0v) is 20.7. The fraction of sp³-hybridized carbons (Fsp3) is 0.400. The van der Waals surface area contributed by atoms with Gasteiger partial charge in [-0.3, -0.25) is 4.79 Å². The topological polar surface area (TPSA) is 113 Å². The van der Waals surface area contributed by atoms with Crippen LogP contribution in [0.5, 0.6) is 0 Å². The van der Waals surface area contributed by atoms with Gasteiger partial charge in [0.05, 0.1) is 11.8 Å². The molecule has 1 aliphatic heterocycles. The van der Waals surface area contributed by atoms with Crippen molar-refractivity contribution in [1.29, 1.82) is 5.26 Å². The van der Waals surface area contributed by atoms with Gasteiger partial charge in [0, 0.05) is 29.3 Å². The first-order valence-electron chi connectivity index (χ1n) is 11.9. The van der Waals surface area contributed by atoms with E-state index in [0.717, 1.165) is 37.2 Å². The highest BCUT2D eigenvalue weighted by Crippen LogP contribution is 2.47. The number of hydrogen-bond acceptors (Lipinski definition) is 8. The number of anilines is 2. The molecule has 3 aromatic heterocycles. The SMILES string of the molecule is CCn1c(=O)c2cnc(Nc3ccc4c(c3)CCNC4(C)C)nc2n1-c1nc(C2(C#N)CC2)cs1. The van der Waals surface area contributed by atoms with Crippen molar-refractivity contribution in [3.63, 3.8) is 0 Å². The van der Waals surface area contributed by atoms with Gasteiger partial charge in [-0.1, -0.05) is 6.07 Å². The maximum atomic E-state index is 13.1. The minimum atomic E-state index is -0.479. The number of thiazole rings is 1. The predicted octanol–water partition coefficient (Wildman–Crippen LogP) is 3.74. The lowest BCUT2D eigenvalue weighted by Gasteiger charge is -2.34. The van der Waals surface area contributed by atoms with Crippen molar-refractivity contribution >= 4 is 34.0 Å². The highest BCUT2D eigenvalue weighted by Gasteiger charge is 2.47. The van der Waals surface area contributed by atoms with E-state index in [-0.39, 0.29) is 11.1 Å². The van der Waals surface area contributed by atoms with Gasteiger partial charge in [-0.15, -0.1) is 11.3 Å². The number of benzene rings is 1. The molecule has 9 nitrogen and oxygen atoms in total. The Morgan fingerprint density at radius 3 is 2.86 bits per heavy atom. The zero-order chi connectivity index (χ0) is 24.4. The van der Waals surface area contributed by atoms with Gasteiger partial charge in [0.25, 0.3) is 5.56 Å². The van der Waals surface area contributed by atoms with Gasteiger partial charge in [-0.05, 0) is 69.8 Å². The summed E-state index contributed by atoms with van der Waals surface area (Å²) in [4.78, 5) is 27.0. The molecule has 178 valence electrons. The molecule has 1 saturated carbocycles. The standard InChI is InChI=1S/C25H26N8OS/c1-4-32-21(34)17-12-27-22(29-16-5-6-18-15(11-16)7-10-28-24(18,2)3)31-20(17)33(32)23-30-19(13-35-23)25(14-26)8-9-25/h5-6,11-13,28H,4,7-10H2,1-3H3,(H,27,29,31). The van der Waals surface area contributed by atoms with Crippen molar-refractivity contribution in [3.8, 4) is 11.2 Å². The van der Waals surface area contributed by atoms with Crippen LogP contribution in [0, 0.1) is 11.3 Å². The van der Waals surface area contributed by atoms with E-state index in [0.29, 0.717) is 28.7 Å². The van der Waals surface area contributed by atoms with Crippen LogP contribution in [-0.2, 0) is 23.9 Å². The summed E-state index contributed by atoms with van der Waals surface area (Å²) in [6, 6.07) is 8.73. The summed E-state index contributed by atoms with van der Waals surface area (Å²) < 4.78 is 3.37. The maximum Gasteiger partial charge on any atom is 0.278 e. The van der Waals surface area contributed by atoms with Crippen molar-refractivity contribution < 1.29 is 0 Å². The van der Waals surface area contributed by atoms with Crippen LogP contribution in [0.2, 0.25) is 0 Å². The average Bonchev–Trinajstić information content (AvgIpc) is 3.40. The van der Waals surface area contributed by atoms with Crippen molar-refractivity contribution in [2.45, 2.75) is 57.5 Å². The molecule has 0 bridgehead atoms. The molecule has 1 aromatic carbocycles. The van der Waals surface area contributed by atoms with Gasteiger partial charge in [-0.2, -0.15) is 10.2 Å². The first-order chi connectivity index (χ1) is 16.8.